The number of carbonyl (C=O) groups is 1. The van der Waals surface area contributed by atoms with E-state index in [1.807, 2.05) is 0 Å². The number of rotatable bonds is 4. The Morgan fingerprint density at radius 2 is 1.85 bits per heavy atom. The Hall–Kier alpha value is -1.76. The molecule has 2 rings (SSSR count). The standard InChI is InChI=1S/C13H17NO5S/c15-12-10(13(16)17)7-4-8-11(12)14-20(18,19)9-5-2-1-3-6-9/h4,7-9,14-15H,1-3,5-6H2,(H,16,17). The number of aromatic carboxylic acids is 1. The summed E-state index contributed by atoms with van der Waals surface area (Å²) < 4.78 is 26.7. The van der Waals surface area contributed by atoms with Gasteiger partial charge in [0.1, 0.15) is 5.56 Å². The molecule has 1 saturated carbocycles. The first-order valence-electron chi connectivity index (χ1n) is 6.49. The first-order valence-corrected chi connectivity index (χ1v) is 8.03. The van der Waals surface area contributed by atoms with Crippen LogP contribution in [0.2, 0.25) is 0 Å². The molecule has 0 radical (unpaired) electrons. The largest absolute Gasteiger partial charge is 0.505 e. The third-order valence-corrected chi connectivity index (χ3v) is 5.36. The molecular weight excluding hydrogens is 282 g/mol. The highest BCUT2D eigenvalue weighted by molar-refractivity contribution is 7.93. The molecule has 0 heterocycles. The highest BCUT2D eigenvalue weighted by Crippen LogP contribution is 2.31. The summed E-state index contributed by atoms with van der Waals surface area (Å²) in [5.41, 5.74) is -0.413. The van der Waals surface area contributed by atoms with Crippen molar-refractivity contribution in [1.82, 2.24) is 0 Å². The van der Waals surface area contributed by atoms with E-state index >= 15 is 0 Å². The SMILES string of the molecule is O=C(O)c1cccc(NS(=O)(=O)C2CCCCC2)c1O. The smallest absolute Gasteiger partial charge is 0.339 e. The lowest BCUT2D eigenvalue weighted by molar-refractivity contribution is 0.0694. The summed E-state index contributed by atoms with van der Waals surface area (Å²) in [5, 5.41) is 18.2. The lowest BCUT2D eigenvalue weighted by Gasteiger charge is -2.22. The third kappa shape index (κ3) is 3.04. The minimum atomic E-state index is -3.60. The molecule has 1 aliphatic rings. The second-order valence-electron chi connectivity index (χ2n) is 4.91. The molecule has 1 aromatic rings. The molecule has 20 heavy (non-hydrogen) atoms. The van der Waals surface area contributed by atoms with Gasteiger partial charge in [0.25, 0.3) is 0 Å². The molecular formula is C13H17NO5S. The molecule has 7 heteroatoms. The lowest BCUT2D eigenvalue weighted by atomic mass is 10.0. The van der Waals surface area contributed by atoms with E-state index in [4.69, 9.17) is 5.11 Å². The number of aromatic hydroxyl groups is 1. The van der Waals surface area contributed by atoms with Crippen LogP contribution in [0.25, 0.3) is 0 Å². The van der Waals surface area contributed by atoms with Gasteiger partial charge in [-0.25, -0.2) is 13.2 Å². The van der Waals surface area contributed by atoms with E-state index < -0.39 is 27.0 Å². The zero-order chi connectivity index (χ0) is 14.8. The number of benzene rings is 1. The maximum Gasteiger partial charge on any atom is 0.339 e. The van der Waals surface area contributed by atoms with Crippen LogP contribution in [0.5, 0.6) is 5.75 Å². The molecule has 110 valence electrons. The first kappa shape index (κ1) is 14.6. The van der Waals surface area contributed by atoms with Crippen molar-refractivity contribution in [1.29, 1.82) is 0 Å². The van der Waals surface area contributed by atoms with Gasteiger partial charge in [0.15, 0.2) is 5.75 Å². The van der Waals surface area contributed by atoms with E-state index in [1.165, 1.54) is 18.2 Å². The van der Waals surface area contributed by atoms with Crippen LogP contribution in [-0.4, -0.2) is 29.9 Å². The van der Waals surface area contributed by atoms with Crippen molar-refractivity contribution in [3.63, 3.8) is 0 Å². The zero-order valence-corrected chi connectivity index (χ0v) is 11.7. The molecule has 0 amide bonds. The normalized spacial score (nSPS) is 16.8. The molecule has 0 atom stereocenters. The van der Waals surface area contributed by atoms with E-state index in [0.29, 0.717) is 12.8 Å². The van der Waals surface area contributed by atoms with Crippen molar-refractivity contribution in [2.75, 3.05) is 4.72 Å². The van der Waals surface area contributed by atoms with E-state index in [1.54, 1.807) is 0 Å². The predicted octanol–water partition coefficient (Wildman–Crippen LogP) is 2.16. The summed E-state index contributed by atoms with van der Waals surface area (Å²) >= 11 is 0. The molecule has 0 unspecified atom stereocenters. The van der Waals surface area contributed by atoms with Gasteiger partial charge in [-0.2, -0.15) is 0 Å². The fraction of sp³-hybridized carbons (Fsp3) is 0.462. The van der Waals surface area contributed by atoms with Crippen molar-refractivity contribution in [2.24, 2.45) is 0 Å². The Kier molecular flexibility index (Phi) is 4.17. The molecule has 0 spiro atoms. The van der Waals surface area contributed by atoms with Crippen molar-refractivity contribution in [3.05, 3.63) is 23.8 Å². The Balaban J connectivity index is 2.25. The lowest BCUT2D eigenvalue weighted by Crippen LogP contribution is -2.29. The highest BCUT2D eigenvalue weighted by atomic mass is 32.2. The number of hydrogen-bond acceptors (Lipinski definition) is 4. The summed E-state index contributed by atoms with van der Waals surface area (Å²) in [6.45, 7) is 0. The highest BCUT2D eigenvalue weighted by Gasteiger charge is 2.28. The van der Waals surface area contributed by atoms with Gasteiger partial charge in [-0.15, -0.1) is 0 Å². The monoisotopic (exact) mass is 299 g/mol. The first-order chi connectivity index (χ1) is 9.42. The Morgan fingerprint density at radius 1 is 1.20 bits per heavy atom. The van der Waals surface area contributed by atoms with Crippen LogP contribution in [0.3, 0.4) is 0 Å². The van der Waals surface area contributed by atoms with Crippen LogP contribution < -0.4 is 4.72 Å². The maximum atomic E-state index is 12.2. The topological polar surface area (TPSA) is 104 Å². The predicted molar refractivity (Wildman–Crippen MR) is 74.5 cm³/mol. The summed E-state index contributed by atoms with van der Waals surface area (Å²) in [6, 6.07) is 3.96. The number of sulfonamides is 1. The van der Waals surface area contributed by atoms with E-state index in [0.717, 1.165) is 19.3 Å². The number of carboxylic acids is 1. The van der Waals surface area contributed by atoms with Gasteiger partial charge in [-0.3, -0.25) is 4.72 Å². The molecule has 0 saturated heterocycles. The number of hydrogen-bond donors (Lipinski definition) is 3. The van der Waals surface area contributed by atoms with Crippen molar-refractivity contribution >= 4 is 21.7 Å². The molecule has 6 nitrogen and oxygen atoms in total. The molecule has 1 fully saturated rings. The fourth-order valence-electron chi connectivity index (χ4n) is 2.41. The molecule has 0 aliphatic heterocycles. The maximum absolute atomic E-state index is 12.2. The third-order valence-electron chi connectivity index (χ3n) is 3.51. The molecule has 0 aromatic heterocycles. The number of phenols is 1. The summed E-state index contributed by atoms with van der Waals surface area (Å²) in [4.78, 5) is 10.9. The number of nitrogens with one attached hydrogen (secondary N) is 1. The van der Waals surface area contributed by atoms with Gasteiger partial charge in [-0.1, -0.05) is 25.3 Å². The second kappa shape index (κ2) is 5.70. The van der Waals surface area contributed by atoms with Crippen LogP contribution in [-0.2, 0) is 10.0 Å². The summed E-state index contributed by atoms with van der Waals surface area (Å²) in [7, 11) is -3.60. The molecule has 1 aliphatic carbocycles. The van der Waals surface area contributed by atoms with E-state index in [2.05, 4.69) is 4.72 Å². The van der Waals surface area contributed by atoms with Crippen LogP contribution in [0, 0.1) is 0 Å². The minimum Gasteiger partial charge on any atom is -0.505 e. The van der Waals surface area contributed by atoms with Gasteiger partial charge in [0.05, 0.1) is 10.9 Å². The van der Waals surface area contributed by atoms with Crippen molar-refractivity contribution in [2.45, 2.75) is 37.4 Å². The quantitative estimate of drug-likeness (QED) is 0.739. The van der Waals surface area contributed by atoms with Gasteiger partial charge in [0.2, 0.25) is 10.0 Å². The molecule has 3 N–H and O–H groups in total. The van der Waals surface area contributed by atoms with Gasteiger partial charge in [0, 0.05) is 0 Å². The van der Waals surface area contributed by atoms with Gasteiger partial charge < -0.3 is 10.2 Å². The number of para-hydroxylation sites is 1. The Morgan fingerprint density at radius 3 is 2.45 bits per heavy atom. The van der Waals surface area contributed by atoms with Crippen molar-refractivity contribution < 1.29 is 23.4 Å². The Bertz CT molecular complexity index is 605. The van der Waals surface area contributed by atoms with Crippen LogP contribution >= 0.6 is 0 Å². The molecule has 1 aromatic carbocycles. The molecule has 0 bridgehead atoms. The summed E-state index contributed by atoms with van der Waals surface area (Å²) in [5.74, 6) is -1.86. The van der Waals surface area contributed by atoms with E-state index in [-0.39, 0.29) is 11.3 Å². The fourth-order valence-corrected chi connectivity index (χ4v) is 4.00. The minimum absolute atomic E-state index is 0.0875. The average molecular weight is 299 g/mol. The summed E-state index contributed by atoms with van der Waals surface area (Å²) in [6.07, 6.45) is 3.95. The average Bonchev–Trinajstić information content (AvgIpc) is 2.41. The van der Waals surface area contributed by atoms with Crippen LogP contribution in [0.4, 0.5) is 5.69 Å². The zero-order valence-electron chi connectivity index (χ0n) is 10.9. The van der Waals surface area contributed by atoms with Gasteiger partial charge >= 0.3 is 5.97 Å². The van der Waals surface area contributed by atoms with Crippen LogP contribution in [0.1, 0.15) is 42.5 Å². The number of anilines is 1. The van der Waals surface area contributed by atoms with Crippen LogP contribution in [0.15, 0.2) is 18.2 Å². The van der Waals surface area contributed by atoms with E-state index in [9.17, 15) is 18.3 Å². The Labute approximate surface area is 117 Å². The number of carboxylic acid groups (broad SMARTS) is 1. The van der Waals surface area contributed by atoms with Gasteiger partial charge in [-0.05, 0) is 25.0 Å². The van der Waals surface area contributed by atoms with Crippen molar-refractivity contribution in [3.8, 4) is 5.75 Å². The second-order valence-corrected chi connectivity index (χ2v) is 6.87.